The van der Waals surface area contributed by atoms with E-state index in [-0.39, 0.29) is 91.8 Å². The van der Waals surface area contributed by atoms with Crippen molar-refractivity contribution in [3.8, 4) is 0 Å². The average Bonchev–Trinajstić information content (AvgIpc) is 3.62. The summed E-state index contributed by atoms with van der Waals surface area (Å²) >= 11 is 0. The Morgan fingerprint density at radius 1 is 0.295 bits per heavy atom. The number of hydrogen-bond donors (Lipinski definition) is 0. The molecule has 0 amide bonds. The van der Waals surface area contributed by atoms with E-state index in [2.05, 4.69) is 39.9 Å². The smallest absolute Gasteiger partial charge is 0.214 e. The SMILES string of the molecule is CCc1c(C)cnc2c1C(=O)c1ncc(C)c(CC)c1C2=O.CCc1cnc2c(c1)C(=O)c1ncc(CC)cc1C2=O.Cc1ccnc2c1C(=O)c1nccc(C)c1C2=O.Cc1cnc2c(c1)C(=O)c1ncc(C)cc1C2=O. The van der Waals surface area contributed by atoms with Crippen molar-refractivity contribution in [1.82, 2.24) is 39.9 Å². The first kappa shape index (κ1) is 53.4. The summed E-state index contributed by atoms with van der Waals surface area (Å²) in [5, 5.41) is 0. The van der Waals surface area contributed by atoms with Crippen molar-refractivity contribution in [2.75, 3.05) is 0 Å². The van der Waals surface area contributed by atoms with E-state index in [0.29, 0.717) is 57.3 Å². The molecule has 0 fully saturated rings. The van der Waals surface area contributed by atoms with Crippen molar-refractivity contribution >= 4 is 46.3 Å². The van der Waals surface area contributed by atoms with Gasteiger partial charge in [0.05, 0.1) is 44.5 Å². The summed E-state index contributed by atoms with van der Waals surface area (Å²) < 4.78 is 0. The maximum absolute atomic E-state index is 12.9. The van der Waals surface area contributed by atoms with E-state index in [1.54, 1.807) is 99.8 Å². The maximum atomic E-state index is 12.9. The van der Waals surface area contributed by atoms with Gasteiger partial charge in [-0.2, -0.15) is 0 Å². The minimum atomic E-state index is -0.226. The van der Waals surface area contributed by atoms with Crippen LogP contribution >= 0.6 is 0 Å². The van der Waals surface area contributed by atoms with E-state index in [1.807, 2.05) is 55.4 Å². The normalized spacial score (nSPS) is 13.2. The molecule has 0 N–H and O–H groups in total. The van der Waals surface area contributed by atoms with E-state index in [4.69, 9.17) is 0 Å². The van der Waals surface area contributed by atoms with E-state index < -0.39 is 0 Å². The van der Waals surface area contributed by atoms with Gasteiger partial charge in [0.1, 0.15) is 45.6 Å². The summed E-state index contributed by atoms with van der Waals surface area (Å²) in [7, 11) is 0. The maximum Gasteiger partial charge on any atom is 0.214 e. The molecule has 0 atom stereocenters. The predicted octanol–water partition coefficient (Wildman–Crippen LogP) is 9.11. The monoisotopic (exact) mass is 1040 g/mol. The lowest BCUT2D eigenvalue weighted by atomic mass is 9.82. The lowest BCUT2D eigenvalue weighted by Crippen LogP contribution is -2.27. The highest BCUT2D eigenvalue weighted by Crippen LogP contribution is 2.33. The third-order valence-electron chi connectivity index (χ3n) is 14.2. The van der Waals surface area contributed by atoms with Gasteiger partial charge in [-0.15, -0.1) is 0 Å². The van der Waals surface area contributed by atoms with Crippen LogP contribution in [0.2, 0.25) is 0 Å². The Hall–Kier alpha value is -9.44. The first-order valence-corrected chi connectivity index (χ1v) is 25.5. The molecule has 0 saturated heterocycles. The molecule has 8 heterocycles. The highest BCUT2D eigenvalue weighted by Gasteiger charge is 2.38. The van der Waals surface area contributed by atoms with Crippen LogP contribution in [-0.2, 0) is 25.7 Å². The zero-order valence-electron chi connectivity index (χ0n) is 44.8. The molecule has 16 nitrogen and oxygen atoms in total. The number of ketones is 8. The van der Waals surface area contributed by atoms with Crippen LogP contribution in [-0.4, -0.2) is 86.1 Å². The fourth-order valence-corrected chi connectivity index (χ4v) is 10.0. The molecule has 0 spiro atoms. The summed E-state index contributed by atoms with van der Waals surface area (Å²) in [5.41, 5.74) is 13.9. The van der Waals surface area contributed by atoms with Crippen LogP contribution in [0.25, 0.3) is 0 Å². The van der Waals surface area contributed by atoms with Gasteiger partial charge >= 0.3 is 0 Å². The van der Waals surface area contributed by atoms with Crippen molar-refractivity contribution in [2.24, 2.45) is 0 Å². The third-order valence-corrected chi connectivity index (χ3v) is 14.2. The van der Waals surface area contributed by atoms with Crippen molar-refractivity contribution in [3.63, 3.8) is 0 Å². The van der Waals surface area contributed by atoms with Crippen LogP contribution in [0.15, 0.2) is 86.0 Å². The Morgan fingerprint density at radius 3 is 0.923 bits per heavy atom. The van der Waals surface area contributed by atoms with E-state index in [1.165, 1.54) is 0 Å². The molecule has 0 saturated carbocycles. The van der Waals surface area contributed by atoms with Crippen molar-refractivity contribution in [1.29, 1.82) is 0 Å². The second-order valence-corrected chi connectivity index (χ2v) is 19.3. The molecular formula is C62H52N8O8. The first-order chi connectivity index (χ1) is 37.3. The molecule has 12 rings (SSSR count). The molecule has 8 aromatic rings. The summed E-state index contributed by atoms with van der Waals surface area (Å²) in [4.78, 5) is 133. The lowest BCUT2D eigenvalue weighted by Gasteiger charge is -2.22. The Labute approximate surface area is 449 Å². The number of pyridine rings is 8. The second kappa shape index (κ2) is 21.3. The summed E-state index contributed by atoms with van der Waals surface area (Å²) in [6.45, 7) is 19.0. The molecule has 0 unspecified atom stereocenters. The standard InChI is InChI=1S/C18H18N2O2.C16H14N2O2.2C14H10N2O2/c1-5-11-9(3)7-19-15-13(11)17(21)16-14(18(15)22)12(6-2)10(4)8-20-16;1-3-9-5-11-13(17-7-9)16(20)12-6-10(4-2)8-18-14(12)15(11)19;1-7-3-9-11(15-5-7)14(18)10-4-8(2)6-16-12(10)13(9)17;1-7-3-5-15-11-9(7)13(17)12-10(14(11)18)8(2)4-6-16-12/h7-8H,5-6H2,1-4H3;5-8H,3-4H2,1-2H3;2*3-6H,1-2H3. The van der Waals surface area contributed by atoms with Gasteiger partial charge in [0.2, 0.25) is 46.3 Å². The number of aromatic nitrogens is 8. The molecule has 16 heteroatoms. The van der Waals surface area contributed by atoms with Gasteiger partial charge in [0.25, 0.3) is 0 Å². The Morgan fingerprint density at radius 2 is 0.590 bits per heavy atom. The minimum absolute atomic E-state index is 0.174. The summed E-state index contributed by atoms with van der Waals surface area (Å²) in [6, 6.07) is 10.3. The van der Waals surface area contributed by atoms with Crippen molar-refractivity contribution in [3.05, 3.63) is 232 Å². The van der Waals surface area contributed by atoms with Gasteiger partial charge in [0.15, 0.2) is 0 Å². The van der Waals surface area contributed by atoms with Crippen molar-refractivity contribution < 1.29 is 38.4 Å². The molecule has 0 bridgehead atoms. The summed E-state index contributed by atoms with van der Waals surface area (Å²) in [5.74, 6) is -1.64. The fraction of sp³-hybridized carbons (Fsp3) is 0.226. The molecule has 4 aliphatic rings. The van der Waals surface area contributed by atoms with Crippen LogP contribution in [0, 0.1) is 41.5 Å². The van der Waals surface area contributed by atoms with Crippen LogP contribution in [0.4, 0.5) is 0 Å². The topological polar surface area (TPSA) is 240 Å². The predicted molar refractivity (Wildman–Crippen MR) is 287 cm³/mol. The number of aryl methyl sites for hydroxylation is 8. The van der Waals surface area contributed by atoms with Gasteiger partial charge in [0, 0.05) is 49.6 Å². The van der Waals surface area contributed by atoms with Crippen LogP contribution in [0.5, 0.6) is 0 Å². The number of rotatable bonds is 4. The minimum Gasteiger partial charge on any atom is -0.287 e. The molecule has 8 aromatic heterocycles. The van der Waals surface area contributed by atoms with Gasteiger partial charge in [-0.1, -0.05) is 27.7 Å². The second-order valence-electron chi connectivity index (χ2n) is 19.3. The van der Waals surface area contributed by atoms with Gasteiger partial charge < -0.3 is 0 Å². The van der Waals surface area contributed by atoms with Gasteiger partial charge in [-0.25, -0.2) is 0 Å². The molecule has 0 aliphatic heterocycles. The lowest BCUT2D eigenvalue weighted by molar-refractivity contribution is 0.0970. The molecular weight excluding hydrogens is 985 g/mol. The van der Waals surface area contributed by atoms with Crippen molar-refractivity contribution in [2.45, 2.75) is 94.9 Å². The number of carbonyl (C=O) groups is 8. The Balaban J connectivity index is 0.000000127. The average molecular weight is 1040 g/mol. The largest absolute Gasteiger partial charge is 0.287 e. The fourth-order valence-electron chi connectivity index (χ4n) is 10.0. The molecule has 0 radical (unpaired) electrons. The van der Waals surface area contributed by atoms with Crippen LogP contribution in [0.3, 0.4) is 0 Å². The zero-order valence-corrected chi connectivity index (χ0v) is 44.8. The summed E-state index contributed by atoms with van der Waals surface area (Å²) in [6.07, 6.45) is 15.9. The first-order valence-electron chi connectivity index (χ1n) is 25.5. The molecule has 78 heavy (non-hydrogen) atoms. The quantitative estimate of drug-likeness (QED) is 0.160. The molecule has 388 valence electrons. The Bertz CT molecular complexity index is 3730. The Kier molecular flexibility index (Phi) is 14.6. The van der Waals surface area contributed by atoms with Gasteiger partial charge in [-0.3, -0.25) is 78.2 Å². The molecule has 4 aliphatic carbocycles. The third kappa shape index (κ3) is 9.18. The zero-order chi connectivity index (χ0) is 56.0. The number of carbonyl (C=O) groups excluding carboxylic acids is 8. The highest BCUT2D eigenvalue weighted by atomic mass is 16.2. The number of fused-ring (bicyclic) bond motifs is 8. The molecule has 0 aromatic carbocycles. The van der Waals surface area contributed by atoms with E-state index >= 15 is 0 Å². The van der Waals surface area contributed by atoms with Crippen LogP contribution < -0.4 is 0 Å². The van der Waals surface area contributed by atoms with Gasteiger partial charge in [-0.05, 0) is 159 Å². The highest BCUT2D eigenvalue weighted by molar-refractivity contribution is 6.30. The van der Waals surface area contributed by atoms with Crippen LogP contribution in [0.1, 0.15) is 212 Å². The number of nitrogens with zero attached hydrogens (tertiary/aromatic N) is 8. The number of hydrogen-bond acceptors (Lipinski definition) is 16. The van der Waals surface area contributed by atoms with E-state index in [9.17, 15) is 38.4 Å². The van der Waals surface area contributed by atoms with E-state index in [0.717, 1.165) is 68.5 Å².